The van der Waals surface area contributed by atoms with Gasteiger partial charge in [0.05, 0.1) is 11.1 Å². The van der Waals surface area contributed by atoms with Crippen LogP contribution in [0.4, 0.5) is 11.5 Å². The van der Waals surface area contributed by atoms with Crippen LogP contribution < -0.4 is 10.6 Å². The van der Waals surface area contributed by atoms with Crippen molar-refractivity contribution in [2.45, 2.75) is 19.8 Å². The maximum Gasteiger partial charge on any atom is 0.147 e. The van der Waals surface area contributed by atoms with Gasteiger partial charge in [0.15, 0.2) is 0 Å². The second-order valence-electron chi connectivity index (χ2n) is 5.62. The third-order valence-electron chi connectivity index (χ3n) is 3.90. The molecule has 1 saturated heterocycles. The summed E-state index contributed by atoms with van der Waals surface area (Å²) in [4.78, 5) is 6.93. The standard InChI is InChI=1S/C16H18N4/c1-11-3-2-6-20(10-11)16-13(9-17)7-12-8-14(18)4-5-15(12)19-16/h4-5,7-8,11H,2-3,6,10,18H2,1H3. The highest BCUT2D eigenvalue weighted by Gasteiger charge is 2.20. The minimum atomic E-state index is 0.636. The predicted octanol–water partition coefficient (Wildman–Crippen LogP) is 2.92. The molecule has 1 aromatic carbocycles. The van der Waals surface area contributed by atoms with Crippen LogP contribution in [0.25, 0.3) is 10.9 Å². The first kappa shape index (κ1) is 12.7. The van der Waals surface area contributed by atoms with Crippen molar-refractivity contribution in [3.8, 4) is 6.07 Å². The summed E-state index contributed by atoms with van der Waals surface area (Å²) in [6.45, 7) is 4.20. The van der Waals surface area contributed by atoms with Crippen LogP contribution >= 0.6 is 0 Å². The van der Waals surface area contributed by atoms with Crippen molar-refractivity contribution in [3.05, 3.63) is 29.8 Å². The van der Waals surface area contributed by atoms with Crippen LogP contribution in [0.1, 0.15) is 25.3 Å². The highest BCUT2D eigenvalue weighted by Crippen LogP contribution is 2.28. The predicted molar refractivity (Wildman–Crippen MR) is 81.5 cm³/mol. The van der Waals surface area contributed by atoms with Gasteiger partial charge in [-0.15, -0.1) is 0 Å². The zero-order valence-electron chi connectivity index (χ0n) is 11.6. The summed E-state index contributed by atoms with van der Waals surface area (Å²) in [5, 5.41) is 10.3. The lowest BCUT2D eigenvalue weighted by Gasteiger charge is -2.32. The van der Waals surface area contributed by atoms with Crippen molar-refractivity contribution in [1.29, 1.82) is 5.26 Å². The van der Waals surface area contributed by atoms with Gasteiger partial charge >= 0.3 is 0 Å². The van der Waals surface area contributed by atoms with Crippen LogP contribution in [0.5, 0.6) is 0 Å². The quantitative estimate of drug-likeness (QED) is 0.806. The number of hydrogen-bond donors (Lipinski definition) is 1. The molecule has 1 aliphatic rings. The number of anilines is 2. The summed E-state index contributed by atoms with van der Waals surface area (Å²) in [6, 6.07) is 9.81. The number of nitriles is 1. The Balaban J connectivity index is 2.09. The van der Waals surface area contributed by atoms with E-state index >= 15 is 0 Å². The topological polar surface area (TPSA) is 65.9 Å². The van der Waals surface area contributed by atoms with Crippen molar-refractivity contribution in [2.24, 2.45) is 5.92 Å². The first-order valence-electron chi connectivity index (χ1n) is 7.02. The van der Waals surface area contributed by atoms with E-state index in [9.17, 15) is 5.26 Å². The monoisotopic (exact) mass is 266 g/mol. The molecule has 102 valence electrons. The summed E-state index contributed by atoms with van der Waals surface area (Å²) in [5.41, 5.74) is 8.02. The first-order chi connectivity index (χ1) is 9.67. The first-order valence-corrected chi connectivity index (χ1v) is 7.02. The molecular weight excluding hydrogens is 248 g/mol. The Kier molecular flexibility index (Phi) is 3.19. The molecule has 0 bridgehead atoms. The van der Waals surface area contributed by atoms with E-state index in [1.807, 2.05) is 24.3 Å². The third kappa shape index (κ3) is 2.27. The fourth-order valence-corrected chi connectivity index (χ4v) is 2.89. The SMILES string of the molecule is CC1CCCN(c2nc3ccc(N)cc3cc2C#N)C1. The molecule has 1 aromatic heterocycles. The Morgan fingerprint density at radius 3 is 3.00 bits per heavy atom. The average Bonchev–Trinajstić information content (AvgIpc) is 2.45. The minimum Gasteiger partial charge on any atom is -0.399 e. The third-order valence-corrected chi connectivity index (χ3v) is 3.90. The van der Waals surface area contributed by atoms with Gasteiger partial charge in [-0.3, -0.25) is 0 Å². The summed E-state index contributed by atoms with van der Waals surface area (Å²) >= 11 is 0. The molecule has 3 rings (SSSR count). The van der Waals surface area contributed by atoms with Crippen molar-refractivity contribution in [2.75, 3.05) is 23.7 Å². The van der Waals surface area contributed by atoms with Gasteiger partial charge < -0.3 is 10.6 Å². The number of piperidine rings is 1. The van der Waals surface area contributed by atoms with Crippen LogP contribution in [-0.2, 0) is 0 Å². The molecule has 2 heterocycles. The number of hydrogen-bond acceptors (Lipinski definition) is 4. The zero-order chi connectivity index (χ0) is 14.1. The Hall–Kier alpha value is -2.28. The fraction of sp³-hybridized carbons (Fsp3) is 0.375. The van der Waals surface area contributed by atoms with E-state index in [1.165, 1.54) is 6.42 Å². The van der Waals surface area contributed by atoms with E-state index in [4.69, 9.17) is 10.7 Å². The molecule has 1 aliphatic heterocycles. The molecule has 2 N–H and O–H groups in total. The number of nitrogens with two attached hydrogens (primary N) is 1. The molecule has 0 radical (unpaired) electrons. The van der Waals surface area contributed by atoms with Gasteiger partial charge in [0.1, 0.15) is 11.9 Å². The van der Waals surface area contributed by atoms with Crippen molar-refractivity contribution < 1.29 is 0 Å². The van der Waals surface area contributed by atoms with Gasteiger partial charge in [0.25, 0.3) is 0 Å². The van der Waals surface area contributed by atoms with Crippen LogP contribution in [-0.4, -0.2) is 18.1 Å². The van der Waals surface area contributed by atoms with Gasteiger partial charge in [0, 0.05) is 24.2 Å². The lowest BCUT2D eigenvalue weighted by atomic mass is 10.00. The largest absolute Gasteiger partial charge is 0.399 e. The molecule has 0 saturated carbocycles. The van der Waals surface area contributed by atoms with E-state index in [0.29, 0.717) is 17.2 Å². The highest BCUT2D eigenvalue weighted by atomic mass is 15.2. The van der Waals surface area contributed by atoms with E-state index in [0.717, 1.165) is 36.2 Å². The van der Waals surface area contributed by atoms with Gasteiger partial charge in [-0.1, -0.05) is 6.92 Å². The maximum absolute atomic E-state index is 9.40. The van der Waals surface area contributed by atoms with Crippen LogP contribution in [0, 0.1) is 17.2 Å². The van der Waals surface area contributed by atoms with Gasteiger partial charge in [-0.2, -0.15) is 5.26 Å². The number of nitrogens with zero attached hydrogens (tertiary/aromatic N) is 3. The average molecular weight is 266 g/mol. The molecule has 0 amide bonds. The van der Waals surface area contributed by atoms with Gasteiger partial charge in [0.2, 0.25) is 0 Å². The molecule has 1 fully saturated rings. The summed E-state index contributed by atoms with van der Waals surface area (Å²) in [7, 11) is 0. The Bertz CT molecular complexity index is 687. The summed E-state index contributed by atoms with van der Waals surface area (Å²) in [5.74, 6) is 1.47. The van der Waals surface area contributed by atoms with E-state index < -0.39 is 0 Å². The van der Waals surface area contributed by atoms with Crippen molar-refractivity contribution in [1.82, 2.24) is 4.98 Å². The number of pyridine rings is 1. The van der Waals surface area contributed by atoms with Crippen LogP contribution in [0.15, 0.2) is 24.3 Å². The lowest BCUT2D eigenvalue weighted by Crippen LogP contribution is -2.35. The zero-order valence-corrected chi connectivity index (χ0v) is 11.6. The second kappa shape index (κ2) is 5.01. The van der Waals surface area contributed by atoms with E-state index in [1.54, 1.807) is 0 Å². The molecule has 20 heavy (non-hydrogen) atoms. The Labute approximate surface area is 118 Å². The molecular formula is C16H18N4. The molecule has 2 aromatic rings. The smallest absolute Gasteiger partial charge is 0.147 e. The lowest BCUT2D eigenvalue weighted by molar-refractivity contribution is 0.444. The summed E-state index contributed by atoms with van der Waals surface area (Å²) < 4.78 is 0. The number of nitrogen functional groups attached to an aromatic ring is 1. The van der Waals surface area contributed by atoms with Crippen LogP contribution in [0.2, 0.25) is 0 Å². The van der Waals surface area contributed by atoms with Crippen molar-refractivity contribution in [3.63, 3.8) is 0 Å². The van der Waals surface area contributed by atoms with Crippen molar-refractivity contribution >= 4 is 22.4 Å². The molecule has 1 atom stereocenters. The number of aromatic nitrogens is 1. The number of fused-ring (bicyclic) bond motifs is 1. The minimum absolute atomic E-state index is 0.636. The maximum atomic E-state index is 9.40. The van der Waals surface area contributed by atoms with Gasteiger partial charge in [-0.05, 0) is 43.0 Å². The molecule has 0 aliphatic carbocycles. The normalized spacial score (nSPS) is 19.0. The fourth-order valence-electron chi connectivity index (χ4n) is 2.89. The molecule has 1 unspecified atom stereocenters. The van der Waals surface area contributed by atoms with E-state index in [-0.39, 0.29) is 0 Å². The number of rotatable bonds is 1. The highest BCUT2D eigenvalue weighted by molar-refractivity contribution is 5.85. The molecule has 4 nitrogen and oxygen atoms in total. The second-order valence-corrected chi connectivity index (χ2v) is 5.62. The van der Waals surface area contributed by atoms with E-state index in [2.05, 4.69) is 17.9 Å². The Morgan fingerprint density at radius 2 is 2.25 bits per heavy atom. The van der Waals surface area contributed by atoms with Crippen LogP contribution in [0.3, 0.4) is 0 Å². The number of benzene rings is 1. The molecule has 4 heteroatoms. The summed E-state index contributed by atoms with van der Waals surface area (Å²) in [6.07, 6.45) is 2.41. The van der Waals surface area contributed by atoms with Gasteiger partial charge in [-0.25, -0.2) is 4.98 Å². The molecule has 0 spiro atoms. The Morgan fingerprint density at radius 1 is 1.40 bits per heavy atom.